The number of benzene rings is 2. The van der Waals surface area contributed by atoms with Gasteiger partial charge in [-0.3, -0.25) is 14.5 Å². The first-order valence-corrected chi connectivity index (χ1v) is 10.0. The molecule has 2 aromatic carbocycles. The molecule has 0 bridgehead atoms. The molecular formula is C24H24N2O4. The van der Waals surface area contributed by atoms with Crippen molar-refractivity contribution in [1.29, 1.82) is 0 Å². The van der Waals surface area contributed by atoms with Crippen molar-refractivity contribution >= 4 is 5.91 Å². The van der Waals surface area contributed by atoms with E-state index in [0.717, 1.165) is 31.5 Å². The van der Waals surface area contributed by atoms with E-state index in [1.165, 1.54) is 23.5 Å². The van der Waals surface area contributed by atoms with E-state index in [0.29, 0.717) is 24.5 Å². The number of fused-ring (bicyclic) bond motifs is 1. The summed E-state index contributed by atoms with van der Waals surface area (Å²) < 4.78 is 11.2. The Morgan fingerprint density at radius 2 is 1.77 bits per heavy atom. The minimum Gasteiger partial charge on any atom is -0.487 e. The van der Waals surface area contributed by atoms with Crippen molar-refractivity contribution in [1.82, 2.24) is 4.90 Å². The number of ether oxygens (including phenoxy) is 1. The number of aryl methyl sites for hydroxylation is 1. The highest BCUT2D eigenvalue weighted by Crippen LogP contribution is 2.23. The van der Waals surface area contributed by atoms with E-state index in [-0.39, 0.29) is 11.2 Å². The Kier molecular flexibility index (Phi) is 5.95. The van der Waals surface area contributed by atoms with Crippen LogP contribution in [0.15, 0.2) is 70.1 Å². The monoisotopic (exact) mass is 404 g/mol. The van der Waals surface area contributed by atoms with Gasteiger partial charge in [0.05, 0.1) is 13.2 Å². The van der Waals surface area contributed by atoms with Crippen LogP contribution in [0.3, 0.4) is 0 Å². The van der Waals surface area contributed by atoms with Gasteiger partial charge in [0.25, 0.3) is 0 Å². The average Bonchev–Trinajstić information content (AvgIpc) is 3.15. The van der Waals surface area contributed by atoms with E-state index in [4.69, 9.17) is 14.9 Å². The Morgan fingerprint density at radius 3 is 2.40 bits per heavy atom. The summed E-state index contributed by atoms with van der Waals surface area (Å²) in [6.45, 7) is 2.71. The van der Waals surface area contributed by atoms with Crippen LogP contribution in [0.4, 0.5) is 0 Å². The first-order valence-electron chi connectivity index (χ1n) is 10.0. The molecule has 2 N–H and O–H groups in total. The standard InChI is InChI=1S/C24H24N2O4/c25-24(28)18-9-7-17(8-10-18)4-3-11-29-23-16-30-21(12-22(23)27)15-26-13-19-5-1-2-6-20(19)14-26/h1-2,5-10,12,16H,3-4,11,13-15H2,(H2,25,28). The first kappa shape index (κ1) is 19.9. The molecule has 0 spiro atoms. The molecule has 0 radical (unpaired) electrons. The molecule has 0 atom stereocenters. The van der Waals surface area contributed by atoms with Gasteiger partial charge >= 0.3 is 0 Å². The van der Waals surface area contributed by atoms with Gasteiger partial charge in [0, 0.05) is 24.7 Å². The van der Waals surface area contributed by atoms with Crippen molar-refractivity contribution in [2.45, 2.75) is 32.5 Å². The zero-order valence-electron chi connectivity index (χ0n) is 16.7. The van der Waals surface area contributed by atoms with E-state index >= 15 is 0 Å². The van der Waals surface area contributed by atoms with Crippen LogP contribution in [0.25, 0.3) is 0 Å². The molecule has 1 aliphatic heterocycles. The van der Waals surface area contributed by atoms with Crippen molar-refractivity contribution in [3.8, 4) is 5.75 Å². The quantitative estimate of drug-likeness (QED) is 0.583. The second-order valence-electron chi connectivity index (χ2n) is 7.50. The lowest BCUT2D eigenvalue weighted by Gasteiger charge is -2.14. The third-order valence-electron chi connectivity index (χ3n) is 5.24. The third kappa shape index (κ3) is 4.78. The number of primary amides is 1. The Balaban J connectivity index is 1.25. The maximum absolute atomic E-state index is 12.4. The van der Waals surface area contributed by atoms with Crippen molar-refractivity contribution in [3.63, 3.8) is 0 Å². The van der Waals surface area contributed by atoms with E-state index < -0.39 is 5.91 Å². The molecule has 1 amide bonds. The topological polar surface area (TPSA) is 85.8 Å². The fourth-order valence-corrected chi connectivity index (χ4v) is 3.66. The van der Waals surface area contributed by atoms with Crippen LogP contribution in [-0.2, 0) is 26.1 Å². The number of carbonyl (C=O) groups is 1. The highest BCUT2D eigenvalue weighted by atomic mass is 16.5. The van der Waals surface area contributed by atoms with E-state index in [1.54, 1.807) is 12.1 Å². The maximum atomic E-state index is 12.4. The number of hydrogen-bond donors (Lipinski definition) is 1. The van der Waals surface area contributed by atoms with Crippen molar-refractivity contribution < 1.29 is 13.9 Å². The fraction of sp³-hybridized carbons (Fsp3) is 0.250. The Labute approximate surface area is 174 Å². The molecule has 0 saturated carbocycles. The Bertz CT molecular complexity index is 1060. The number of hydrogen-bond acceptors (Lipinski definition) is 5. The van der Waals surface area contributed by atoms with Crippen LogP contribution in [0.2, 0.25) is 0 Å². The second kappa shape index (κ2) is 8.97. The SMILES string of the molecule is NC(=O)c1ccc(CCCOc2coc(CN3Cc4ccccc4C3)cc2=O)cc1. The van der Waals surface area contributed by atoms with Crippen LogP contribution in [0.1, 0.15) is 39.2 Å². The summed E-state index contributed by atoms with van der Waals surface area (Å²) in [5.74, 6) is 0.427. The minimum atomic E-state index is -0.436. The molecule has 3 aromatic rings. The molecule has 0 unspecified atom stereocenters. The molecule has 30 heavy (non-hydrogen) atoms. The van der Waals surface area contributed by atoms with Gasteiger partial charge in [-0.2, -0.15) is 0 Å². The van der Waals surface area contributed by atoms with Gasteiger partial charge in [0.15, 0.2) is 0 Å². The van der Waals surface area contributed by atoms with Gasteiger partial charge in [-0.1, -0.05) is 36.4 Å². The van der Waals surface area contributed by atoms with Crippen LogP contribution in [0, 0.1) is 0 Å². The molecule has 1 aromatic heterocycles. The molecule has 4 rings (SSSR count). The van der Waals surface area contributed by atoms with E-state index in [2.05, 4.69) is 17.0 Å². The van der Waals surface area contributed by atoms with Crippen molar-refractivity contribution in [2.75, 3.05) is 6.61 Å². The summed E-state index contributed by atoms with van der Waals surface area (Å²) in [5, 5.41) is 0. The fourth-order valence-electron chi connectivity index (χ4n) is 3.66. The lowest BCUT2D eigenvalue weighted by Crippen LogP contribution is -2.17. The lowest BCUT2D eigenvalue weighted by molar-refractivity contribution is 0.100. The predicted molar refractivity (Wildman–Crippen MR) is 113 cm³/mol. The number of nitrogens with two attached hydrogens (primary N) is 1. The zero-order valence-corrected chi connectivity index (χ0v) is 16.7. The second-order valence-corrected chi connectivity index (χ2v) is 7.50. The molecule has 0 fully saturated rings. The van der Waals surface area contributed by atoms with Crippen LogP contribution >= 0.6 is 0 Å². The Hall–Kier alpha value is -3.38. The molecule has 0 aliphatic carbocycles. The number of nitrogens with zero attached hydrogens (tertiary/aromatic N) is 1. The first-order chi connectivity index (χ1) is 14.6. The molecule has 2 heterocycles. The van der Waals surface area contributed by atoms with Gasteiger partial charge in [-0.25, -0.2) is 0 Å². The zero-order chi connectivity index (χ0) is 20.9. The Morgan fingerprint density at radius 1 is 1.07 bits per heavy atom. The highest BCUT2D eigenvalue weighted by Gasteiger charge is 2.19. The van der Waals surface area contributed by atoms with Crippen LogP contribution in [0.5, 0.6) is 5.75 Å². The number of rotatable bonds is 8. The highest BCUT2D eigenvalue weighted by molar-refractivity contribution is 5.92. The maximum Gasteiger partial charge on any atom is 0.248 e. The molecule has 154 valence electrons. The van der Waals surface area contributed by atoms with Gasteiger partial charge in [0.1, 0.15) is 12.0 Å². The van der Waals surface area contributed by atoms with Crippen molar-refractivity contribution in [3.05, 3.63) is 99.1 Å². The lowest BCUT2D eigenvalue weighted by atomic mass is 10.1. The summed E-state index contributed by atoms with van der Waals surface area (Å²) >= 11 is 0. The molecule has 1 aliphatic rings. The summed E-state index contributed by atoms with van der Waals surface area (Å²) in [5.41, 5.74) is 9.29. The third-order valence-corrected chi connectivity index (χ3v) is 5.24. The van der Waals surface area contributed by atoms with Gasteiger partial charge in [-0.05, 0) is 41.7 Å². The normalized spacial score (nSPS) is 13.2. The number of carbonyl (C=O) groups excluding carboxylic acids is 1. The number of amides is 1. The largest absolute Gasteiger partial charge is 0.487 e. The molecule has 6 heteroatoms. The summed E-state index contributed by atoms with van der Waals surface area (Å²) in [7, 11) is 0. The summed E-state index contributed by atoms with van der Waals surface area (Å²) in [4.78, 5) is 25.7. The van der Waals surface area contributed by atoms with E-state index in [1.807, 2.05) is 24.3 Å². The predicted octanol–water partition coefficient (Wildman–Crippen LogP) is 3.27. The van der Waals surface area contributed by atoms with Crippen LogP contribution in [-0.4, -0.2) is 17.4 Å². The average molecular weight is 404 g/mol. The molecule has 6 nitrogen and oxygen atoms in total. The van der Waals surface area contributed by atoms with Crippen molar-refractivity contribution in [2.24, 2.45) is 5.73 Å². The van der Waals surface area contributed by atoms with Gasteiger partial charge in [-0.15, -0.1) is 0 Å². The van der Waals surface area contributed by atoms with E-state index in [9.17, 15) is 9.59 Å². The van der Waals surface area contributed by atoms with Gasteiger partial charge in [0.2, 0.25) is 17.1 Å². The molecule has 0 saturated heterocycles. The van der Waals surface area contributed by atoms with Crippen LogP contribution < -0.4 is 15.9 Å². The smallest absolute Gasteiger partial charge is 0.248 e. The summed E-state index contributed by atoms with van der Waals surface area (Å²) in [6, 6.07) is 17.1. The van der Waals surface area contributed by atoms with Gasteiger partial charge < -0.3 is 14.9 Å². The minimum absolute atomic E-state index is 0.168. The summed E-state index contributed by atoms with van der Waals surface area (Å²) in [6.07, 6.45) is 2.92. The molecular weight excluding hydrogens is 380 g/mol.